The predicted octanol–water partition coefficient (Wildman–Crippen LogP) is 2.59. The van der Waals surface area contributed by atoms with Crippen LogP contribution in [0.1, 0.15) is 50.5 Å². The molecule has 0 aromatic carbocycles. The average Bonchev–Trinajstić information content (AvgIpc) is 2.86. The molecular formula is C12H20N4S. The quantitative estimate of drug-likeness (QED) is 0.804. The second kappa shape index (κ2) is 5.60. The number of hydrogen-bond donors (Lipinski definition) is 1. The number of nitrogens with two attached hydrogens (primary N) is 1. The molecule has 0 aliphatic rings. The molecule has 0 aliphatic carbocycles. The van der Waals surface area contributed by atoms with E-state index in [2.05, 4.69) is 33.8 Å². The lowest BCUT2D eigenvalue weighted by Crippen LogP contribution is -2.02. The number of unbranched alkanes of at least 4 members (excludes halogenated alkanes) is 2. The van der Waals surface area contributed by atoms with Crippen LogP contribution in [0.5, 0.6) is 0 Å². The van der Waals surface area contributed by atoms with Crippen LogP contribution in [-0.2, 0) is 6.42 Å². The minimum absolute atomic E-state index is 0.516. The van der Waals surface area contributed by atoms with E-state index in [1.54, 1.807) is 11.3 Å². The molecule has 2 rings (SSSR count). The smallest absolute Gasteiger partial charge is 0.216 e. The Morgan fingerprint density at radius 1 is 1.29 bits per heavy atom. The number of fused-ring (bicyclic) bond motifs is 1. The first-order chi connectivity index (χ1) is 8.24. The van der Waals surface area contributed by atoms with Crippen molar-refractivity contribution in [3.63, 3.8) is 0 Å². The molecular weight excluding hydrogens is 232 g/mol. The lowest BCUT2D eigenvalue weighted by Gasteiger charge is -2.05. The normalized spacial score (nSPS) is 11.8. The summed E-state index contributed by atoms with van der Waals surface area (Å²) in [4.78, 5) is 1.02. The summed E-state index contributed by atoms with van der Waals surface area (Å²) in [6, 6.07) is 0. The highest BCUT2D eigenvalue weighted by atomic mass is 32.1. The number of nitrogens with zero attached hydrogens (tertiary/aromatic N) is 3. The van der Waals surface area contributed by atoms with Gasteiger partial charge in [-0.25, -0.2) is 0 Å². The first-order valence-corrected chi connectivity index (χ1v) is 7.13. The Kier molecular flexibility index (Phi) is 4.12. The molecule has 2 heterocycles. The minimum atomic E-state index is 0.516. The van der Waals surface area contributed by atoms with E-state index in [4.69, 9.17) is 5.73 Å². The fourth-order valence-electron chi connectivity index (χ4n) is 1.96. The van der Waals surface area contributed by atoms with Gasteiger partial charge in [0.15, 0.2) is 0 Å². The molecule has 0 aliphatic heterocycles. The zero-order valence-corrected chi connectivity index (χ0v) is 11.3. The van der Waals surface area contributed by atoms with Gasteiger partial charge in [0, 0.05) is 17.5 Å². The Labute approximate surface area is 106 Å². The van der Waals surface area contributed by atoms with Crippen molar-refractivity contribution in [1.29, 1.82) is 0 Å². The van der Waals surface area contributed by atoms with Crippen molar-refractivity contribution in [2.24, 2.45) is 5.73 Å². The fourth-order valence-corrected chi connectivity index (χ4v) is 2.97. The zero-order chi connectivity index (χ0) is 12.3. The summed E-state index contributed by atoms with van der Waals surface area (Å²) in [7, 11) is 0. The molecule has 0 saturated heterocycles. The van der Waals surface area contributed by atoms with Crippen molar-refractivity contribution in [2.75, 3.05) is 6.54 Å². The van der Waals surface area contributed by atoms with Gasteiger partial charge in [0.2, 0.25) is 4.96 Å². The Balaban J connectivity index is 2.13. The molecule has 4 nitrogen and oxygen atoms in total. The molecule has 5 heteroatoms. The number of aromatic nitrogens is 3. The molecule has 0 spiro atoms. The van der Waals surface area contributed by atoms with Crippen molar-refractivity contribution < 1.29 is 0 Å². The SMILES string of the molecule is CC(C)c1csc2nnc(CCCCCN)n12. The Hall–Kier alpha value is -0.940. The summed E-state index contributed by atoms with van der Waals surface area (Å²) >= 11 is 1.68. The molecule has 2 aromatic rings. The second-order valence-electron chi connectivity index (χ2n) is 4.65. The highest BCUT2D eigenvalue weighted by Gasteiger charge is 2.13. The first-order valence-electron chi connectivity index (χ1n) is 6.25. The lowest BCUT2D eigenvalue weighted by atomic mass is 10.1. The van der Waals surface area contributed by atoms with Gasteiger partial charge in [-0.2, -0.15) is 0 Å². The van der Waals surface area contributed by atoms with Crippen LogP contribution < -0.4 is 5.73 Å². The van der Waals surface area contributed by atoms with Gasteiger partial charge in [0.1, 0.15) is 5.82 Å². The summed E-state index contributed by atoms with van der Waals surface area (Å²) in [6.45, 7) is 5.20. The maximum absolute atomic E-state index is 5.49. The molecule has 0 fully saturated rings. The average molecular weight is 252 g/mol. The summed E-state index contributed by atoms with van der Waals surface area (Å²) in [5.74, 6) is 1.62. The van der Waals surface area contributed by atoms with Crippen LogP contribution in [0, 0.1) is 0 Å². The van der Waals surface area contributed by atoms with Crippen molar-refractivity contribution in [3.8, 4) is 0 Å². The van der Waals surface area contributed by atoms with Crippen molar-refractivity contribution in [1.82, 2.24) is 14.6 Å². The molecule has 0 saturated carbocycles. The van der Waals surface area contributed by atoms with Crippen LogP contribution in [0.2, 0.25) is 0 Å². The third kappa shape index (κ3) is 2.66. The van der Waals surface area contributed by atoms with Crippen LogP contribution >= 0.6 is 11.3 Å². The molecule has 0 atom stereocenters. The molecule has 0 bridgehead atoms. The minimum Gasteiger partial charge on any atom is -0.330 e. The number of hydrogen-bond acceptors (Lipinski definition) is 4. The molecule has 2 aromatic heterocycles. The van der Waals surface area contributed by atoms with Gasteiger partial charge in [-0.3, -0.25) is 4.40 Å². The van der Waals surface area contributed by atoms with Gasteiger partial charge in [0.25, 0.3) is 0 Å². The van der Waals surface area contributed by atoms with E-state index in [0.29, 0.717) is 5.92 Å². The fraction of sp³-hybridized carbons (Fsp3) is 0.667. The van der Waals surface area contributed by atoms with E-state index < -0.39 is 0 Å². The molecule has 0 unspecified atom stereocenters. The van der Waals surface area contributed by atoms with Crippen LogP contribution in [0.25, 0.3) is 4.96 Å². The maximum Gasteiger partial charge on any atom is 0.216 e. The standard InChI is InChI=1S/C12H20N4S/c1-9(2)10-8-17-12-15-14-11(16(10)12)6-4-3-5-7-13/h8-9H,3-7,13H2,1-2H3. The monoisotopic (exact) mass is 252 g/mol. The van der Waals surface area contributed by atoms with E-state index in [-0.39, 0.29) is 0 Å². The van der Waals surface area contributed by atoms with Crippen LogP contribution in [0.15, 0.2) is 5.38 Å². The second-order valence-corrected chi connectivity index (χ2v) is 5.49. The number of rotatable bonds is 6. The van der Waals surface area contributed by atoms with Gasteiger partial charge in [-0.15, -0.1) is 21.5 Å². The van der Waals surface area contributed by atoms with Gasteiger partial charge in [-0.05, 0) is 25.3 Å². The summed E-state index contributed by atoms with van der Waals surface area (Å²) in [6.07, 6.45) is 4.41. The lowest BCUT2D eigenvalue weighted by molar-refractivity contribution is 0.659. The van der Waals surface area contributed by atoms with E-state index in [0.717, 1.165) is 36.6 Å². The Morgan fingerprint density at radius 2 is 2.12 bits per heavy atom. The Bertz CT molecular complexity index is 472. The third-order valence-electron chi connectivity index (χ3n) is 2.94. The molecule has 17 heavy (non-hydrogen) atoms. The van der Waals surface area contributed by atoms with Crippen molar-refractivity contribution >= 4 is 16.3 Å². The van der Waals surface area contributed by atoms with E-state index in [9.17, 15) is 0 Å². The molecule has 0 amide bonds. The molecule has 94 valence electrons. The van der Waals surface area contributed by atoms with Gasteiger partial charge < -0.3 is 5.73 Å². The summed E-state index contributed by atoms with van der Waals surface area (Å²) in [5.41, 5.74) is 6.82. The van der Waals surface area contributed by atoms with Crippen molar-refractivity contribution in [2.45, 2.75) is 45.4 Å². The molecule has 0 radical (unpaired) electrons. The van der Waals surface area contributed by atoms with Crippen molar-refractivity contribution in [3.05, 3.63) is 16.9 Å². The first kappa shape index (κ1) is 12.5. The third-order valence-corrected chi connectivity index (χ3v) is 3.77. The van der Waals surface area contributed by atoms with E-state index in [1.165, 1.54) is 12.1 Å². The zero-order valence-electron chi connectivity index (χ0n) is 10.5. The van der Waals surface area contributed by atoms with Crippen LogP contribution in [0.4, 0.5) is 0 Å². The van der Waals surface area contributed by atoms with Crippen LogP contribution in [0.3, 0.4) is 0 Å². The maximum atomic E-state index is 5.49. The number of thiazole rings is 1. The topological polar surface area (TPSA) is 56.2 Å². The highest BCUT2D eigenvalue weighted by Crippen LogP contribution is 2.23. The van der Waals surface area contributed by atoms with Gasteiger partial charge in [-0.1, -0.05) is 20.3 Å². The largest absolute Gasteiger partial charge is 0.330 e. The summed E-state index contributed by atoms with van der Waals surface area (Å²) in [5, 5.41) is 10.7. The predicted molar refractivity (Wildman–Crippen MR) is 71.6 cm³/mol. The van der Waals surface area contributed by atoms with E-state index >= 15 is 0 Å². The van der Waals surface area contributed by atoms with E-state index in [1.807, 2.05) is 0 Å². The van der Waals surface area contributed by atoms with Gasteiger partial charge >= 0.3 is 0 Å². The number of aryl methyl sites for hydroxylation is 1. The Morgan fingerprint density at radius 3 is 2.82 bits per heavy atom. The van der Waals surface area contributed by atoms with Gasteiger partial charge in [0.05, 0.1) is 0 Å². The molecule has 2 N–H and O–H groups in total. The van der Waals surface area contributed by atoms with Crippen LogP contribution in [-0.4, -0.2) is 21.1 Å². The summed E-state index contributed by atoms with van der Waals surface area (Å²) < 4.78 is 2.22. The highest BCUT2D eigenvalue weighted by molar-refractivity contribution is 7.15.